The quantitative estimate of drug-likeness (QED) is 0.513. The zero-order valence-corrected chi connectivity index (χ0v) is 17.3. The van der Waals surface area contributed by atoms with Crippen molar-refractivity contribution in [1.29, 1.82) is 0 Å². The zero-order chi connectivity index (χ0) is 20.7. The average molecular weight is 404 g/mol. The summed E-state index contributed by atoms with van der Waals surface area (Å²) in [6, 6.07) is 10.5. The Bertz CT molecular complexity index is 851. The molecule has 0 bridgehead atoms. The molecule has 7 heteroatoms. The molecule has 28 heavy (non-hydrogen) atoms. The van der Waals surface area contributed by atoms with E-state index >= 15 is 0 Å². The number of nitrogens with one attached hydrogen (secondary N) is 1. The van der Waals surface area contributed by atoms with Crippen molar-refractivity contribution >= 4 is 29.4 Å². The number of amides is 1. The van der Waals surface area contributed by atoms with E-state index in [1.165, 1.54) is 6.21 Å². The fourth-order valence-corrected chi connectivity index (χ4v) is 2.75. The fourth-order valence-electron chi connectivity index (χ4n) is 2.63. The first kappa shape index (κ1) is 21.6. The van der Waals surface area contributed by atoms with Crippen LogP contribution in [0.2, 0.25) is 5.02 Å². The molecule has 1 atom stereocenters. The van der Waals surface area contributed by atoms with Gasteiger partial charge in [0.1, 0.15) is 11.5 Å². The molecule has 2 aromatic carbocycles. The van der Waals surface area contributed by atoms with E-state index < -0.39 is 12.0 Å². The first-order chi connectivity index (χ1) is 13.3. The highest BCUT2D eigenvalue weighted by Crippen LogP contribution is 2.24. The predicted molar refractivity (Wildman–Crippen MR) is 114 cm³/mol. The molecule has 6 nitrogen and oxygen atoms in total. The van der Waals surface area contributed by atoms with Gasteiger partial charge >= 0.3 is 0 Å². The van der Waals surface area contributed by atoms with Crippen LogP contribution in [0.5, 0.6) is 11.5 Å². The number of hydrazone groups is 1. The summed E-state index contributed by atoms with van der Waals surface area (Å²) in [4.78, 5) is 14.3. The summed E-state index contributed by atoms with van der Waals surface area (Å²) in [7, 11) is 0. The maximum atomic E-state index is 12.2. The number of aromatic hydroxyl groups is 1. The molecule has 1 amide bonds. The van der Waals surface area contributed by atoms with Gasteiger partial charge in [0, 0.05) is 35.4 Å². The van der Waals surface area contributed by atoms with Crippen molar-refractivity contribution in [3.8, 4) is 11.5 Å². The lowest BCUT2D eigenvalue weighted by molar-refractivity contribution is -0.127. The fraction of sp³-hybridized carbons (Fsp3) is 0.333. The number of benzene rings is 2. The highest BCUT2D eigenvalue weighted by atomic mass is 35.5. The molecule has 0 saturated heterocycles. The van der Waals surface area contributed by atoms with Crippen LogP contribution in [0.4, 0.5) is 5.69 Å². The van der Waals surface area contributed by atoms with Crippen molar-refractivity contribution in [2.75, 3.05) is 18.0 Å². The van der Waals surface area contributed by atoms with Gasteiger partial charge in [0.2, 0.25) is 0 Å². The molecule has 0 fully saturated rings. The van der Waals surface area contributed by atoms with Crippen LogP contribution < -0.4 is 15.1 Å². The molecule has 1 unspecified atom stereocenters. The third-order valence-electron chi connectivity index (χ3n) is 4.33. The lowest BCUT2D eigenvalue weighted by Gasteiger charge is -2.21. The number of nitrogens with zero attached hydrogens (tertiary/aromatic N) is 2. The van der Waals surface area contributed by atoms with E-state index in [9.17, 15) is 9.90 Å². The molecule has 0 spiro atoms. The number of anilines is 1. The van der Waals surface area contributed by atoms with Crippen LogP contribution in [0.3, 0.4) is 0 Å². The van der Waals surface area contributed by atoms with E-state index in [0.717, 1.165) is 24.3 Å². The van der Waals surface area contributed by atoms with Crippen LogP contribution in [0.1, 0.15) is 31.9 Å². The zero-order valence-electron chi connectivity index (χ0n) is 16.6. The van der Waals surface area contributed by atoms with Crippen molar-refractivity contribution < 1.29 is 14.6 Å². The molecule has 0 heterocycles. The monoisotopic (exact) mass is 403 g/mol. The topological polar surface area (TPSA) is 74.2 Å². The summed E-state index contributed by atoms with van der Waals surface area (Å²) in [6.07, 6.45) is 0.662. The van der Waals surface area contributed by atoms with E-state index in [1.54, 1.807) is 37.3 Å². The number of carbonyl (C=O) groups is 1. The highest BCUT2D eigenvalue weighted by Gasteiger charge is 2.14. The van der Waals surface area contributed by atoms with Crippen LogP contribution in [0.15, 0.2) is 41.5 Å². The summed E-state index contributed by atoms with van der Waals surface area (Å²) in [5.74, 6) is 0.254. The van der Waals surface area contributed by atoms with Gasteiger partial charge in [0.15, 0.2) is 6.10 Å². The smallest absolute Gasteiger partial charge is 0.280 e. The van der Waals surface area contributed by atoms with Gasteiger partial charge in [0.05, 0.1) is 6.21 Å². The van der Waals surface area contributed by atoms with E-state index in [-0.39, 0.29) is 5.75 Å². The number of hydrogen-bond acceptors (Lipinski definition) is 5. The van der Waals surface area contributed by atoms with E-state index in [2.05, 4.69) is 29.3 Å². The summed E-state index contributed by atoms with van der Waals surface area (Å²) in [5, 5.41) is 14.7. The Labute approximate surface area is 170 Å². The van der Waals surface area contributed by atoms with Gasteiger partial charge in [-0.15, -0.1) is 0 Å². The molecule has 2 N–H and O–H groups in total. The Balaban J connectivity index is 1.95. The predicted octanol–water partition coefficient (Wildman–Crippen LogP) is 4.12. The Morgan fingerprint density at radius 1 is 1.29 bits per heavy atom. The van der Waals surface area contributed by atoms with E-state index in [0.29, 0.717) is 16.3 Å². The van der Waals surface area contributed by atoms with Gasteiger partial charge in [-0.25, -0.2) is 5.43 Å². The summed E-state index contributed by atoms with van der Waals surface area (Å²) in [6.45, 7) is 9.31. The number of carbonyl (C=O) groups excluding carboxylic acids is 1. The number of halogens is 1. The Morgan fingerprint density at radius 3 is 2.61 bits per heavy atom. The molecular formula is C21H26ClN3O3. The maximum absolute atomic E-state index is 12.2. The molecule has 0 aliphatic carbocycles. The van der Waals surface area contributed by atoms with Crippen LogP contribution in [0, 0.1) is 6.92 Å². The number of hydrogen-bond donors (Lipinski definition) is 2. The number of aryl methyl sites for hydroxylation is 1. The van der Waals surface area contributed by atoms with Crippen LogP contribution in [-0.2, 0) is 4.79 Å². The number of phenolic OH excluding ortho intramolecular Hbond substituents is 1. The SMILES string of the molecule is CCN(CC)c1ccc(C=NNC(=O)C(C)Oc2ccc(Cl)c(C)c2)c(O)c1. The van der Waals surface area contributed by atoms with Crippen molar-refractivity contribution in [3.05, 3.63) is 52.5 Å². The first-order valence-corrected chi connectivity index (χ1v) is 9.57. The number of phenols is 1. The second kappa shape index (κ2) is 9.99. The number of ether oxygens (including phenoxy) is 1. The molecule has 0 aliphatic rings. The van der Waals surface area contributed by atoms with Gasteiger partial charge in [-0.3, -0.25) is 4.79 Å². The molecule has 0 aliphatic heterocycles. The minimum Gasteiger partial charge on any atom is -0.507 e. The van der Waals surface area contributed by atoms with Gasteiger partial charge < -0.3 is 14.7 Å². The number of rotatable bonds is 8. The second-order valence-corrected chi connectivity index (χ2v) is 6.73. The molecule has 0 radical (unpaired) electrons. The minimum absolute atomic E-state index is 0.100. The summed E-state index contributed by atoms with van der Waals surface area (Å²) < 4.78 is 5.61. The summed E-state index contributed by atoms with van der Waals surface area (Å²) in [5.41, 5.74) is 4.74. The molecule has 150 valence electrons. The Morgan fingerprint density at radius 2 is 2.00 bits per heavy atom. The van der Waals surface area contributed by atoms with Gasteiger partial charge in [-0.05, 0) is 63.6 Å². The molecule has 2 aromatic rings. The highest BCUT2D eigenvalue weighted by molar-refractivity contribution is 6.31. The molecule has 0 aromatic heterocycles. The van der Waals surface area contributed by atoms with E-state index in [1.807, 2.05) is 13.0 Å². The molecule has 0 saturated carbocycles. The van der Waals surface area contributed by atoms with Crippen LogP contribution in [0.25, 0.3) is 0 Å². The van der Waals surface area contributed by atoms with Crippen LogP contribution >= 0.6 is 11.6 Å². The van der Waals surface area contributed by atoms with E-state index in [4.69, 9.17) is 16.3 Å². The van der Waals surface area contributed by atoms with Gasteiger partial charge in [-0.1, -0.05) is 11.6 Å². The lowest BCUT2D eigenvalue weighted by atomic mass is 10.2. The van der Waals surface area contributed by atoms with Crippen LogP contribution in [-0.4, -0.2) is 36.4 Å². The van der Waals surface area contributed by atoms with Crippen molar-refractivity contribution in [2.45, 2.75) is 33.8 Å². The largest absolute Gasteiger partial charge is 0.507 e. The van der Waals surface area contributed by atoms with Crippen molar-refractivity contribution in [3.63, 3.8) is 0 Å². The summed E-state index contributed by atoms with van der Waals surface area (Å²) >= 11 is 5.99. The average Bonchev–Trinajstić information content (AvgIpc) is 2.67. The standard InChI is InChI=1S/C21H26ClN3O3/c1-5-25(6-2)17-8-7-16(20(26)12-17)13-23-24-21(27)15(4)28-18-9-10-19(22)14(3)11-18/h7-13,15,26H,5-6H2,1-4H3,(H,24,27). The third-order valence-corrected chi connectivity index (χ3v) is 4.76. The Hall–Kier alpha value is -2.73. The molecular weight excluding hydrogens is 378 g/mol. The minimum atomic E-state index is -0.739. The maximum Gasteiger partial charge on any atom is 0.280 e. The second-order valence-electron chi connectivity index (χ2n) is 6.32. The van der Waals surface area contributed by atoms with Gasteiger partial charge in [-0.2, -0.15) is 5.10 Å². The third kappa shape index (κ3) is 5.63. The van der Waals surface area contributed by atoms with Crippen molar-refractivity contribution in [1.82, 2.24) is 5.43 Å². The van der Waals surface area contributed by atoms with Crippen molar-refractivity contribution in [2.24, 2.45) is 5.10 Å². The lowest BCUT2D eigenvalue weighted by Crippen LogP contribution is -2.33. The molecule has 2 rings (SSSR count). The Kier molecular flexibility index (Phi) is 7.70. The first-order valence-electron chi connectivity index (χ1n) is 9.19. The van der Waals surface area contributed by atoms with Gasteiger partial charge in [0.25, 0.3) is 5.91 Å². The normalized spacial score (nSPS) is 12.0.